The highest BCUT2D eigenvalue weighted by Gasteiger charge is 2.10. The van der Waals surface area contributed by atoms with Crippen molar-refractivity contribution >= 4 is 22.5 Å². The van der Waals surface area contributed by atoms with Crippen LogP contribution in [0.3, 0.4) is 0 Å². The second-order valence-electron chi connectivity index (χ2n) is 4.63. The summed E-state index contributed by atoms with van der Waals surface area (Å²) in [6, 6.07) is 8.42. The summed E-state index contributed by atoms with van der Waals surface area (Å²) in [5.74, 6) is 1.59. The van der Waals surface area contributed by atoms with Gasteiger partial charge >= 0.3 is 5.63 Å². The highest BCUT2D eigenvalue weighted by atomic mass is 32.1. The van der Waals surface area contributed by atoms with Crippen molar-refractivity contribution in [2.24, 2.45) is 0 Å². The van der Waals surface area contributed by atoms with Crippen LogP contribution in [-0.4, -0.2) is 9.36 Å². The van der Waals surface area contributed by atoms with E-state index in [0.717, 1.165) is 11.2 Å². The number of benzene rings is 1. The van der Waals surface area contributed by atoms with Crippen LogP contribution in [0.25, 0.3) is 11.0 Å². The summed E-state index contributed by atoms with van der Waals surface area (Å²) >= 11 is 1.21. The molecule has 0 bridgehead atoms. The maximum absolute atomic E-state index is 11.2. The molecule has 0 unspecified atom stereocenters. The van der Waals surface area contributed by atoms with E-state index in [1.54, 1.807) is 18.2 Å². The molecular weight excluding hydrogens is 276 g/mol. The molecule has 0 saturated carbocycles. The van der Waals surface area contributed by atoms with Gasteiger partial charge in [-0.25, -0.2) is 4.79 Å². The maximum atomic E-state index is 11.2. The summed E-state index contributed by atoms with van der Waals surface area (Å²) in [6.45, 7) is 4.05. The van der Waals surface area contributed by atoms with E-state index in [0.29, 0.717) is 16.5 Å². The van der Waals surface area contributed by atoms with E-state index in [-0.39, 0.29) is 11.5 Å². The number of nitrogens with zero attached hydrogens (tertiary/aromatic N) is 2. The van der Waals surface area contributed by atoms with Gasteiger partial charge in [0.2, 0.25) is 0 Å². The van der Waals surface area contributed by atoms with Crippen molar-refractivity contribution in [1.82, 2.24) is 9.36 Å². The zero-order valence-corrected chi connectivity index (χ0v) is 11.8. The molecule has 102 valence electrons. The molecule has 1 aromatic carbocycles. The monoisotopic (exact) mass is 288 g/mol. The zero-order chi connectivity index (χ0) is 14.1. The molecule has 0 aliphatic rings. The summed E-state index contributed by atoms with van der Waals surface area (Å²) < 4.78 is 15.0. The van der Waals surface area contributed by atoms with E-state index >= 15 is 0 Å². The molecule has 0 N–H and O–H groups in total. The summed E-state index contributed by atoms with van der Waals surface area (Å²) in [7, 11) is 0. The Balaban J connectivity index is 1.91. The van der Waals surface area contributed by atoms with Gasteiger partial charge in [-0.15, -0.1) is 0 Å². The van der Waals surface area contributed by atoms with Crippen LogP contribution in [-0.2, 0) is 0 Å². The number of aromatic nitrogens is 2. The Bertz CT molecular complexity index is 807. The second-order valence-corrected chi connectivity index (χ2v) is 5.34. The molecular formula is C14H12N2O3S. The van der Waals surface area contributed by atoms with Crippen LogP contribution >= 0.6 is 11.5 Å². The second kappa shape index (κ2) is 5.05. The Hall–Kier alpha value is -2.21. The molecule has 3 aromatic rings. The van der Waals surface area contributed by atoms with Gasteiger partial charge in [-0.05, 0) is 18.2 Å². The van der Waals surface area contributed by atoms with Crippen molar-refractivity contribution < 1.29 is 9.15 Å². The van der Waals surface area contributed by atoms with Gasteiger partial charge in [0.25, 0.3) is 5.19 Å². The maximum Gasteiger partial charge on any atom is 0.336 e. The van der Waals surface area contributed by atoms with Gasteiger partial charge < -0.3 is 9.15 Å². The first kappa shape index (κ1) is 12.8. The van der Waals surface area contributed by atoms with Crippen LogP contribution in [0.1, 0.15) is 25.6 Å². The van der Waals surface area contributed by atoms with Gasteiger partial charge in [-0.1, -0.05) is 13.8 Å². The fourth-order valence-corrected chi connectivity index (χ4v) is 2.39. The number of hydrogen-bond donors (Lipinski definition) is 0. The first-order chi connectivity index (χ1) is 9.61. The lowest BCUT2D eigenvalue weighted by molar-refractivity contribution is 0.474. The Morgan fingerprint density at radius 1 is 1.25 bits per heavy atom. The SMILES string of the molecule is CC(C)c1nsc(Oc2ccc3ccc(=O)oc3c2)n1. The molecule has 0 saturated heterocycles. The average molecular weight is 288 g/mol. The molecule has 2 heterocycles. The number of rotatable bonds is 3. The lowest BCUT2D eigenvalue weighted by Crippen LogP contribution is -1.94. The summed E-state index contributed by atoms with van der Waals surface area (Å²) in [5, 5.41) is 1.32. The van der Waals surface area contributed by atoms with Crippen molar-refractivity contribution in [1.29, 1.82) is 0 Å². The van der Waals surface area contributed by atoms with Gasteiger partial charge in [-0.3, -0.25) is 0 Å². The molecule has 6 heteroatoms. The van der Waals surface area contributed by atoms with Gasteiger partial charge in [0.15, 0.2) is 0 Å². The van der Waals surface area contributed by atoms with Gasteiger partial charge in [-0.2, -0.15) is 9.36 Å². The number of fused-ring (bicyclic) bond motifs is 1. The first-order valence-corrected chi connectivity index (χ1v) is 6.94. The standard InChI is InChI=1S/C14H12N2O3S/c1-8(2)13-15-14(20-16-13)18-10-5-3-9-4-6-12(17)19-11(9)7-10/h3-8H,1-2H3. The lowest BCUT2D eigenvalue weighted by atomic mass is 10.2. The summed E-state index contributed by atoms with van der Waals surface area (Å²) in [6.07, 6.45) is 0. The molecule has 2 aromatic heterocycles. The van der Waals surface area contributed by atoms with Gasteiger partial charge in [0, 0.05) is 35.0 Å². The van der Waals surface area contributed by atoms with Gasteiger partial charge in [0.05, 0.1) is 0 Å². The Morgan fingerprint density at radius 2 is 2.05 bits per heavy atom. The fraction of sp³-hybridized carbons (Fsp3) is 0.214. The van der Waals surface area contributed by atoms with E-state index in [2.05, 4.69) is 9.36 Å². The predicted molar refractivity (Wildman–Crippen MR) is 76.6 cm³/mol. The normalized spacial score (nSPS) is 11.2. The van der Waals surface area contributed by atoms with Crippen molar-refractivity contribution in [3.8, 4) is 10.9 Å². The van der Waals surface area contributed by atoms with E-state index in [1.807, 2.05) is 19.9 Å². The van der Waals surface area contributed by atoms with Crippen LogP contribution < -0.4 is 10.4 Å². The minimum absolute atomic E-state index is 0.262. The Kier molecular flexibility index (Phi) is 3.23. The molecule has 0 amide bonds. The zero-order valence-electron chi connectivity index (χ0n) is 11.0. The third kappa shape index (κ3) is 2.55. The number of hydrogen-bond acceptors (Lipinski definition) is 6. The van der Waals surface area contributed by atoms with E-state index in [9.17, 15) is 4.79 Å². The summed E-state index contributed by atoms with van der Waals surface area (Å²) in [5.41, 5.74) is 0.108. The third-order valence-electron chi connectivity index (χ3n) is 2.74. The molecule has 5 nitrogen and oxygen atoms in total. The molecule has 0 fully saturated rings. The molecule has 0 spiro atoms. The highest BCUT2D eigenvalue weighted by Crippen LogP contribution is 2.27. The van der Waals surface area contributed by atoms with Crippen LogP contribution in [0.4, 0.5) is 0 Å². The van der Waals surface area contributed by atoms with Crippen molar-refractivity contribution in [3.63, 3.8) is 0 Å². The fourth-order valence-electron chi connectivity index (χ4n) is 1.70. The number of ether oxygens (including phenoxy) is 1. The average Bonchev–Trinajstić information content (AvgIpc) is 2.87. The molecule has 0 aliphatic carbocycles. The van der Waals surface area contributed by atoms with Gasteiger partial charge in [0.1, 0.15) is 17.2 Å². The predicted octanol–water partition coefficient (Wildman–Crippen LogP) is 3.56. The van der Waals surface area contributed by atoms with Crippen LogP contribution in [0.5, 0.6) is 10.9 Å². The largest absolute Gasteiger partial charge is 0.430 e. The molecule has 0 radical (unpaired) electrons. The molecule has 0 atom stereocenters. The first-order valence-electron chi connectivity index (χ1n) is 6.17. The molecule has 0 aliphatic heterocycles. The van der Waals surface area contributed by atoms with Crippen LogP contribution in [0, 0.1) is 0 Å². The van der Waals surface area contributed by atoms with Crippen molar-refractivity contribution in [2.75, 3.05) is 0 Å². The van der Waals surface area contributed by atoms with Crippen LogP contribution in [0.2, 0.25) is 0 Å². The Labute approximate surface area is 119 Å². The van der Waals surface area contributed by atoms with Crippen LogP contribution in [0.15, 0.2) is 39.5 Å². The highest BCUT2D eigenvalue weighted by molar-refractivity contribution is 7.07. The quantitative estimate of drug-likeness (QED) is 0.689. The van der Waals surface area contributed by atoms with Crippen molar-refractivity contribution in [2.45, 2.75) is 19.8 Å². The molecule has 3 rings (SSSR count). The molecule has 20 heavy (non-hydrogen) atoms. The smallest absolute Gasteiger partial charge is 0.336 e. The van der Waals surface area contributed by atoms with E-state index < -0.39 is 0 Å². The Morgan fingerprint density at radius 3 is 2.80 bits per heavy atom. The minimum atomic E-state index is -0.382. The summed E-state index contributed by atoms with van der Waals surface area (Å²) in [4.78, 5) is 15.5. The topological polar surface area (TPSA) is 65.2 Å². The third-order valence-corrected chi connectivity index (χ3v) is 3.35. The van der Waals surface area contributed by atoms with Crippen molar-refractivity contribution in [3.05, 3.63) is 46.6 Å². The lowest BCUT2D eigenvalue weighted by Gasteiger charge is -2.02. The minimum Gasteiger partial charge on any atom is -0.430 e. The van der Waals surface area contributed by atoms with E-state index in [1.165, 1.54) is 17.6 Å². The van der Waals surface area contributed by atoms with E-state index in [4.69, 9.17) is 9.15 Å².